The van der Waals surface area contributed by atoms with E-state index in [1.54, 1.807) is 41.3 Å². The van der Waals surface area contributed by atoms with Crippen LogP contribution in [-0.4, -0.2) is 0 Å². The van der Waals surface area contributed by atoms with Crippen molar-refractivity contribution in [2.75, 3.05) is 4.90 Å². The first-order chi connectivity index (χ1) is 31.1. The van der Waals surface area contributed by atoms with Crippen LogP contribution in [0.3, 0.4) is 0 Å². The van der Waals surface area contributed by atoms with Gasteiger partial charge >= 0.3 is 0 Å². The topological polar surface area (TPSA) is 3.24 Å². The van der Waals surface area contributed by atoms with Gasteiger partial charge in [0.2, 0.25) is 0 Å². The molecule has 1 aliphatic rings. The van der Waals surface area contributed by atoms with Crippen molar-refractivity contribution in [3.63, 3.8) is 0 Å². The third kappa shape index (κ3) is 4.68. The lowest BCUT2D eigenvalue weighted by Crippen LogP contribution is -2.28. The number of hydrogen-bond donors (Lipinski definition) is 0. The Morgan fingerprint density at radius 2 is 1.02 bits per heavy atom. The maximum Gasteiger partial charge on any atom is 0.0713 e. The van der Waals surface area contributed by atoms with Gasteiger partial charge in [-0.1, -0.05) is 151 Å². The van der Waals surface area contributed by atoms with Crippen LogP contribution in [0.2, 0.25) is 0 Å². The van der Waals surface area contributed by atoms with Gasteiger partial charge < -0.3 is 4.90 Å². The average Bonchev–Trinajstić information content (AvgIpc) is 3.88. The summed E-state index contributed by atoms with van der Waals surface area (Å²) >= 11 is 0.952. The van der Waals surface area contributed by atoms with Crippen molar-refractivity contribution >= 4 is 48.6 Å². The van der Waals surface area contributed by atoms with E-state index in [0.717, 1.165) is 22.5 Å². The second-order valence-electron chi connectivity index (χ2n) is 12.2. The summed E-state index contributed by atoms with van der Waals surface area (Å²) in [6.45, 7) is 0. The smallest absolute Gasteiger partial charge is 0.0713 e. The zero-order chi connectivity index (χ0) is 46.0. The van der Waals surface area contributed by atoms with Crippen molar-refractivity contribution in [2.45, 2.75) is 5.41 Å². The van der Waals surface area contributed by atoms with E-state index < -0.39 is 29.6 Å². The normalized spacial score (nSPS) is 18.6. The number of benzene rings is 8. The summed E-state index contributed by atoms with van der Waals surface area (Å²) in [5.74, 6) is 0. The van der Waals surface area contributed by atoms with Crippen LogP contribution in [0, 0.1) is 0 Å². The molecule has 0 radical (unpaired) electrons. The summed E-state index contributed by atoms with van der Waals surface area (Å²) < 4.78 is 126. The molecule has 0 spiro atoms. The molecule has 2 heteroatoms. The minimum Gasteiger partial charge on any atom is -0.310 e. The van der Waals surface area contributed by atoms with Gasteiger partial charge in [-0.05, 0) is 92.9 Å². The van der Waals surface area contributed by atoms with Crippen LogP contribution in [0.1, 0.15) is 41.4 Å². The Morgan fingerprint density at radius 3 is 1.80 bits per heavy atom. The van der Waals surface area contributed by atoms with Crippen LogP contribution in [-0.2, 0) is 5.41 Å². The van der Waals surface area contributed by atoms with Gasteiger partial charge in [0.05, 0.1) is 24.6 Å². The molecule has 0 saturated heterocycles. The molecule has 1 aromatic heterocycles. The Labute approximate surface area is 322 Å². The van der Waals surface area contributed by atoms with Gasteiger partial charge in [-0.15, -0.1) is 11.3 Å². The van der Waals surface area contributed by atoms with Crippen LogP contribution >= 0.6 is 11.3 Å². The summed E-state index contributed by atoms with van der Waals surface area (Å²) in [7, 11) is 0. The summed E-state index contributed by atoms with van der Waals surface area (Å²) in [5, 5.41) is 0.217. The molecule has 10 rings (SSSR count). The van der Waals surface area contributed by atoms with E-state index in [0.29, 0.717) is 28.1 Å². The van der Waals surface area contributed by atoms with Crippen LogP contribution in [0.15, 0.2) is 200 Å². The molecule has 240 valence electrons. The molecule has 0 bridgehead atoms. The maximum atomic E-state index is 9.78. The second-order valence-corrected chi connectivity index (χ2v) is 13.2. The van der Waals surface area contributed by atoms with Crippen molar-refractivity contribution in [1.82, 2.24) is 0 Å². The lowest BCUT2D eigenvalue weighted by atomic mass is 9.68. The zero-order valence-corrected chi connectivity index (χ0v) is 27.6. The fraction of sp³-hybridized carbons (Fsp3) is 0.0204. The van der Waals surface area contributed by atoms with E-state index in [9.17, 15) is 5.48 Å². The lowest BCUT2D eigenvalue weighted by molar-refractivity contribution is 0.768. The predicted octanol–water partition coefficient (Wildman–Crippen LogP) is 13.6. The summed E-state index contributed by atoms with van der Waals surface area (Å²) in [6, 6.07) is 29.7. The third-order valence-electron chi connectivity index (χ3n) is 9.56. The predicted molar refractivity (Wildman–Crippen MR) is 217 cm³/mol. The van der Waals surface area contributed by atoms with Crippen LogP contribution in [0.4, 0.5) is 17.1 Å². The highest BCUT2D eigenvalue weighted by Crippen LogP contribution is 2.56. The highest BCUT2D eigenvalue weighted by atomic mass is 32.1. The van der Waals surface area contributed by atoms with Crippen molar-refractivity contribution in [3.05, 3.63) is 222 Å². The zero-order valence-electron chi connectivity index (χ0n) is 40.8. The van der Waals surface area contributed by atoms with Crippen molar-refractivity contribution < 1.29 is 19.2 Å². The highest BCUT2D eigenvalue weighted by molar-refractivity contribution is 7.25. The fourth-order valence-corrected chi connectivity index (χ4v) is 8.23. The Hall–Kier alpha value is -6.22. The molecule has 1 unspecified atom stereocenters. The molecule has 0 fully saturated rings. The number of fused-ring (bicyclic) bond motifs is 6. The van der Waals surface area contributed by atoms with E-state index in [-0.39, 0.29) is 103 Å². The standard InChI is InChI=1S/C49H33NS/c1-3-13-34(14-4-1)35-23-27-38(28-24-35)50(40-31-32-48-44(33-40)43-19-9-12-22-47(43)51-48)39-29-25-37(26-30-39)49(36-15-5-2-6-16-36)45-20-10-7-17-41(45)42-18-8-11-21-46(42)49/h1-33H/i7D,8D,9D,10D,11D,12D,17D,18D,19D,20D,22D,31D,32D,33D. The number of thiophene rings is 1. The van der Waals surface area contributed by atoms with E-state index in [2.05, 4.69) is 0 Å². The monoisotopic (exact) mass is 681 g/mol. The molecular weight excluding hydrogens is 635 g/mol. The Morgan fingerprint density at radius 1 is 0.431 bits per heavy atom. The van der Waals surface area contributed by atoms with Crippen molar-refractivity contribution in [1.29, 1.82) is 0 Å². The molecule has 1 heterocycles. The molecule has 8 aromatic carbocycles. The van der Waals surface area contributed by atoms with Gasteiger partial charge in [0.1, 0.15) is 0 Å². The van der Waals surface area contributed by atoms with E-state index >= 15 is 0 Å². The highest BCUT2D eigenvalue weighted by Gasteiger charge is 2.45. The molecular formula is C49H33NS. The van der Waals surface area contributed by atoms with Gasteiger partial charge in [-0.25, -0.2) is 0 Å². The molecule has 1 nitrogen and oxygen atoms in total. The molecule has 0 aliphatic heterocycles. The maximum absolute atomic E-state index is 9.78. The van der Waals surface area contributed by atoms with Gasteiger partial charge in [0.15, 0.2) is 0 Å². The lowest BCUT2D eigenvalue weighted by Gasteiger charge is -2.34. The molecule has 1 atom stereocenters. The molecule has 51 heavy (non-hydrogen) atoms. The fourth-order valence-electron chi connectivity index (χ4n) is 7.32. The SMILES string of the molecule is [2H]c1cc2c(c([2H])c1[2H])-c1c([2H])c([2H])c([2H])c([2H])c1C2(c1ccccc1)c1ccc(N(c2ccc(-c3ccccc3)cc2)c2c([2H])c([2H])c3sc4c([2H])c([2H])c([2H])c([2H])c4c3c2[2H])cc1. The number of nitrogens with zero attached hydrogens (tertiary/aromatic N) is 1. The average molecular weight is 682 g/mol. The van der Waals surface area contributed by atoms with E-state index in [1.165, 1.54) is 6.07 Å². The molecule has 0 saturated carbocycles. The van der Waals surface area contributed by atoms with Crippen molar-refractivity contribution in [2.24, 2.45) is 0 Å². The first kappa shape index (κ1) is 18.7. The van der Waals surface area contributed by atoms with E-state index in [1.807, 2.05) is 72.8 Å². The summed E-state index contributed by atoms with van der Waals surface area (Å²) in [6.07, 6.45) is 0. The number of anilines is 3. The Kier molecular flexibility index (Phi) is 4.39. The van der Waals surface area contributed by atoms with Crippen LogP contribution in [0.5, 0.6) is 0 Å². The number of hydrogen-bond acceptors (Lipinski definition) is 2. The Balaban J connectivity index is 1.27. The molecule has 9 aromatic rings. The van der Waals surface area contributed by atoms with Gasteiger partial charge in [0.25, 0.3) is 0 Å². The quantitative estimate of drug-likeness (QED) is 0.169. The molecule has 0 amide bonds. The molecule has 0 N–H and O–H groups in total. The minimum atomic E-state index is -1.52. The van der Waals surface area contributed by atoms with Gasteiger partial charge in [-0.2, -0.15) is 0 Å². The summed E-state index contributed by atoms with van der Waals surface area (Å²) in [5.41, 5.74) is 3.05. The van der Waals surface area contributed by atoms with Crippen LogP contribution < -0.4 is 4.90 Å². The second kappa shape index (κ2) is 12.0. The third-order valence-corrected chi connectivity index (χ3v) is 10.6. The minimum absolute atomic E-state index is 0.0149. The largest absolute Gasteiger partial charge is 0.310 e. The first-order valence-electron chi connectivity index (χ1n) is 23.4. The van der Waals surface area contributed by atoms with Crippen molar-refractivity contribution in [3.8, 4) is 22.3 Å². The van der Waals surface area contributed by atoms with Gasteiger partial charge in [0, 0.05) is 37.2 Å². The molecule has 1 aliphatic carbocycles. The van der Waals surface area contributed by atoms with Crippen LogP contribution in [0.25, 0.3) is 42.4 Å². The Bertz CT molecular complexity index is 3470. The number of rotatable bonds is 6. The first-order valence-corrected chi connectivity index (χ1v) is 17.2. The van der Waals surface area contributed by atoms with Gasteiger partial charge in [-0.3, -0.25) is 0 Å². The summed E-state index contributed by atoms with van der Waals surface area (Å²) in [4.78, 5) is 1.66. The van der Waals surface area contributed by atoms with E-state index in [4.69, 9.17) is 13.7 Å².